The molecule has 16 heavy (non-hydrogen) atoms. The van der Waals surface area contributed by atoms with Crippen LogP contribution in [0.5, 0.6) is 0 Å². The van der Waals surface area contributed by atoms with E-state index in [2.05, 4.69) is 31.1 Å². The average Bonchev–Trinajstić information content (AvgIpc) is 2.78. The highest BCUT2D eigenvalue weighted by atomic mass is 79.9. The lowest BCUT2D eigenvalue weighted by atomic mass is 10.1. The van der Waals surface area contributed by atoms with Crippen molar-refractivity contribution in [1.29, 1.82) is 0 Å². The Balaban J connectivity index is 2.38. The van der Waals surface area contributed by atoms with Gasteiger partial charge in [0.2, 0.25) is 0 Å². The molecule has 0 N–H and O–H groups in total. The maximum atomic E-state index is 4.26. The monoisotopic (exact) mass is 274 g/mol. The molecule has 3 rings (SSSR count). The molecule has 0 spiro atoms. The van der Waals surface area contributed by atoms with Crippen molar-refractivity contribution >= 4 is 21.6 Å². The van der Waals surface area contributed by atoms with Crippen molar-refractivity contribution in [3.8, 4) is 11.1 Å². The lowest BCUT2D eigenvalue weighted by molar-refractivity contribution is 1.06. The highest BCUT2D eigenvalue weighted by molar-refractivity contribution is 9.10. The van der Waals surface area contributed by atoms with Crippen LogP contribution < -0.4 is 0 Å². The van der Waals surface area contributed by atoms with E-state index in [9.17, 15) is 0 Å². The molecule has 3 aromatic rings. The average molecular weight is 275 g/mol. The summed E-state index contributed by atoms with van der Waals surface area (Å²) in [7, 11) is 0. The van der Waals surface area contributed by atoms with Crippen LogP contribution >= 0.6 is 15.9 Å². The van der Waals surface area contributed by atoms with Crippen molar-refractivity contribution in [2.45, 2.75) is 0 Å². The van der Waals surface area contributed by atoms with Crippen molar-refractivity contribution < 1.29 is 0 Å². The van der Waals surface area contributed by atoms with Crippen molar-refractivity contribution in [3.63, 3.8) is 0 Å². The number of halogens is 1. The molecule has 0 amide bonds. The number of benzene rings is 1. The van der Waals surface area contributed by atoms with Gasteiger partial charge in [-0.05, 0) is 21.5 Å². The van der Waals surface area contributed by atoms with E-state index in [0.29, 0.717) is 0 Å². The summed E-state index contributed by atoms with van der Waals surface area (Å²) in [6, 6.07) is 10.0. The molecule has 0 saturated carbocycles. The maximum absolute atomic E-state index is 4.26. The van der Waals surface area contributed by atoms with Crippen LogP contribution in [0.2, 0.25) is 0 Å². The Kier molecular flexibility index (Phi) is 2.18. The number of rotatable bonds is 1. The molecule has 0 unspecified atom stereocenters. The molecule has 0 aliphatic rings. The Morgan fingerprint density at radius 3 is 2.69 bits per heavy atom. The Morgan fingerprint density at radius 2 is 1.88 bits per heavy atom. The third-order valence-corrected chi connectivity index (χ3v) is 2.96. The minimum atomic E-state index is 0.777. The Bertz CT molecular complexity index is 633. The minimum Gasteiger partial charge on any atom is -0.271 e. The zero-order chi connectivity index (χ0) is 11.0. The van der Waals surface area contributed by atoms with Crippen LogP contribution in [0.4, 0.5) is 0 Å². The smallest absolute Gasteiger partial charge is 0.172 e. The molecule has 5 heteroatoms. The van der Waals surface area contributed by atoms with Crippen LogP contribution in [-0.2, 0) is 0 Å². The summed E-state index contributed by atoms with van der Waals surface area (Å²) in [6.45, 7) is 0. The van der Waals surface area contributed by atoms with Crippen molar-refractivity contribution in [2.75, 3.05) is 0 Å². The molecule has 78 valence electrons. The van der Waals surface area contributed by atoms with Gasteiger partial charge < -0.3 is 0 Å². The molecule has 2 heterocycles. The van der Waals surface area contributed by atoms with Gasteiger partial charge in [-0.2, -0.15) is 0 Å². The molecule has 2 aromatic heterocycles. The normalized spacial score (nSPS) is 10.8. The van der Waals surface area contributed by atoms with E-state index in [4.69, 9.17) is 0 Å². The predicted molar refractivity (Wildman–Crippen MR) is 63.9 cm³/mol. The van der Waals surface area contributed by atoms with Gasteiger partial charge in [0.1, 0.15) is 17.3 Å². The molecular formula is C11H7BrN4. The van der Waals surface area contributed by atoms with Crippen LogP contribution in [-0.4, -0.2) is 19.6 Å². The maximum Gasteiger partial charge on any atom is 0.172 e. The molecule has 1 aromatic carbocycles. The molecule has 0 bridgehead atoms. The summed E-state index contributed by atoms with van der Waals surface area (Å²) in [4.78, 5) is 4.26. The number of nitrogens with zero attached hydrogens (tertiary/aromatic N) is 4. The summed E-state index contributed by atoms with van der Waals surface area (Å²) in [6.07, 6.45) is 3.33. The molecule has 0 aliphatic heterocycles. The van der Waals surface area contributed by atoms with Gasteiger partial charge in [-0.3, -0.25) is 4.40 Å². The van der Waals surface area contributed by atoms with Gasteiger partial charge in [-0.25, -0.2) is 4.98 Å². The van der Waals surface area contributed by atoms with Gasteiger partial charge in [-0.1, -0.05) is 30.3 Å². The standard InChI is InChI=1S/C11H7BrN4/c12-10-9(8-4-2-1-3-5-8)11-15-14-7-16(11)6-13-10/h1-7H. The fourth-order valence-electron chi connectivity index (χ4n) is 1.63. The Morgan fingerprint density at radius 1 is 1.06 bits per heavy atom. The molecule has 0 saturated heterocycles. The minimum absolute atomic E-state index is 0.777. The molecule has 4 nitrogen and oxygen atoms in total. The van der Waals surface area contributed by atoms with Gasteiger partial charge in [0.15, 0.2) is 5.65 Å². The number of aromatic nitrogens is 4. The fourth-order valence-corrected chi connectivity index (χ4v) is 2.13. The number of fused-ring (bicyclic) bond motifs is 1. The zero-order valence-corrected chi connectivity index (χ0v) is 9.79. The quantitative estimate of drug-likeness (QED) is 0.641. The number of hydrogen-bond donors (Lipinski definition) is 0. The summed E-state index contributed by atoms with van der Waals surface area (Å²) >= 11 is 3.45. The molecular weight excluding hydrogens is 268 g/mol. The predicted octanol–water partition coefficient (Wildman–Crippen LogP) is 2.55. The largest absolute Gasteiger partial charge is 0.271 e. The SMILES string of the molecule is Brc1ncn2cnnc2c1-c1ccccc1. The zero-order valence-electron chi connectivity index (χ0n) is 8.21. The molecule has 0 atom stereocenters. The van der Waals surface area contributed by atoms with Crippen LogP contribution in [0.15, 0.2) is 47.6 Å². The van der Waals surface area contributed by atoms with E-state index in [0.717, 1.165) is 21.4 Å². The van der Waals surface area contributed by atoms with E-state index in [1.165, 1.54) is 0 Å². The van der Waals surface area contributed by atoms with E-state index in [1.54, 1.807) is 17.1 Å². The number of hydrogen-bond acceptors (Lipinski definition) is 3. The lowest BCUT2D eigenvalue weighted by Gasteiger charge is -2.04. The first kappa shape index (κ1) is 9.47. The van der Waals surface area contributed by atoms with E-state index >= 15 is 0 Å². The Hall–Kier alpha value is -1.75. The van der Waals surface area contributed by atoms with Gasteiger partial charge in [-0.15, -0.1) is 10.2 Å². The second kappa shape index (κ2) is 3.68. The summed E-state index contributed by atoms with van der Waals surface area (Å²) < 4.78 is 2.58. The van der Waals surface area contributed by atoms with Gasteiger partial charge in [0.05, 0.1) is 5.56 Å². The van der Waals surface area contributed by atoms with E-state index in [-0.39, 0.29) is 0 Å². The highest BCUT2D eigenvalue weighted by Gasteiger charge is 2.10. The highest BCUT2D eigenvalue weighted by Crippen LogP contribution is 2.29. The van der Waals surface area contributed by atoms with Gasteiger partial charge in [0.25, 0.3) is 0 Å². The first-order valence-electron chi connectivity index (χ1n) is 4.75. The first-order valence-corrected chi connectivity index (χ1v) is 5.55. The second-order valence-electron chi connectivity index (χ2n) is 3.34. The molecule has 0 aliphatic carbocycles. The van der Waals surface area contributed by atoms with Crippen LogP contribution in [0.25, 0.3) is 16.8 Å². The third-order valence-electron chi connectivity index (χ3n) is 2.36. The second-order valence-corrected chi connectivity index (χ2v) is 4.09. The molecule has 0 fully saturated rings. The van der Waals surface area contributed by atoms with Crippen molar-refractivity contribution in [1.82, 2.24) is 19.6 Å². The fraction of sp³-hybridized carbons (Fsp3) is 0. The van der Waals surface area contributed by atoms with Crippen molar-refractivity contribution in [3.05, 3.63) is 47.6 Å². The topological polar surface area (TPSA) is 43.1 Å². The first-order chi connectivity index (χ1) is 7.86. The van der Waals surface area contributed by atoms with Crippen LogP contribution in [0.1, 0.15) is 0 Å². The molecule has 0 radical (unpaired) electrons. The van der Waals surface area contributed by atoms with Gasteiger partial charge >= 0.3 is 0 Å². The summed E-state index contributed by atoms with van der Waals surface area (Å²) in [5.74, 6) is 0. The van der Waals surface area contributed by atoms with Crippen LogP contribution in [0.3, 0.4) is 0 Å². The van der Waals surface area contributed by atoms with E-state index < -0.39 is 0 Å². The Labute approximate surface area is 100 Å². The summed E-state index contributed by atoms with van der Waals surface area (Å²) in [5, 5.41) is 7.98. The van der Waals surface area contributed by atoms with Crippen LogP contribution in [0, 0.1) is 0 Å². The van der Waals surface area contributed by atoms with E-state index in [1.807, 2.05) is 30.3 Å². The van der Waals surface area contributed by atoms with Gasteiger partial charge in [0, 0.05) is 0 Å². The van der Waals surface area contributed by atoms with Crippen molar-refractivity contribution in [2.24, 2.45) is 0 Å². The summed E-state index contributed by atoms with van der Waals surface area (Å²) in [5.41, 5.74) is 2.83. The third kappa shape index (κ3) is 1.40. The lowest BCUT2D eigenvalue weighted by Crippen LogP contribution is -1.92.